The maximum Gasteiger partial charge on any atom is 0.321 e. The summed E-state index contributed by atoms with van der Waals surface area (Å²) in [6.07, 6.45) is 1.50. The van der Waals surface area contributed by atoms with E-state index in [1.54, 1.807) is 36.4 Å². The molecule has 2 aromatic heterocycles. The normalized spacial score (nSPS) is 10.5. The highest BCUT2D eigenvalue weighted by Crippen LogP contribution is 2.20. The van der Waals surface area contributed by atoms with E-state index in [1.807, 2.05) is 0 Å². The van der Waals surface area contributed by atoms with E-state index >= 15 is 0 Å². The molecule has 3 rings (SSSR count). The maximum absolute atomic E-state index is 11.9. The highest BCUT2D eigenvalue weighted by Gasteiger charge is 2.13. The number of urea groups is 1. The van der Waals surface area contributed by atoms with Crippen molar-refractivity contribution in [2.24, 2.45) is 0 Å². The van der Waals surface area contributed by atoms with E-state index in [-0.39, 0.29) is 12.3 Å². The summed E-state index contributed by atoms with van der Waals surface area (Å²) >= 11 is 7.06. The lowest BCUT2D eigenvalue weighted by molar-refractivity contribution is -0.117. The summed E-state index contributed by atoms with van der Waals surface area (Å²) in [4.78, 5) is 23.6. The number of hydrogen-bond acceptors (Lipinski definition) is 7. The number of benzene rings is 1. The topological polar surface area (TPSA) is 115 Å². The largest absolute Gasteiger partial charge is 0.467 e. The second kappa shape index (κ2) is 8.50. The summed E-state index contributed by atoms with van der Waals surface area (Å²) in [5.74, 6) is 0.0741. The van der Waals surface area contributed by atoms with Gasteiger partial charge in [-0.2, -0.15) is 4.68 Å². The molecular weight excluding hydrogens is 380 g/mol. The fourth-order valence-electron chi connectivity index (χ4n) is 1.96. The van der Waals surface area contributed by atoms with Gasteiger partial charge in [-0.15, -0.1) is 5.10 Å². The Kier molecular flexibility index (Phi) is 5.87. The van der Waals surface area contributed by atoms with E-state index in [1.165, 1.54) is 10.9 Å². The minimum absolute atomic E-state index is 0.0326. The number of hydrogen-bond donors (Lipinski definition) is 2. The number of amides is 3. The third-order valence-electron chi connectivity index (χ3n) is 3.08. The second-order valence-electron chi connectivity index (χ2n) is 4.95. The van der Waals surface area contributed by atoms with Gasteiger partial charge in [0.1, 0.15) is 5.76 Å². The first-order valence-electron chi connectivity index (χ1n) is 7.39. The number of nitrogens with one attached hydrogen (secondary N) is 2. The molecule has 2 N–H and O–H groups in total. The van der Waals surface area contributed by atoms with Gasteiger partial charge in [-0.05, 0) is 40.8 Å². The summed E-state index contributed by atoms with van der Waals surface area (Å²) in [5.41, 5.74) is 0.668. The van der Waals surface area contributed by atoms with Gasteiger partial charge in [0.15, 0.2) is 0 Å². The predicted molar refractivity (Wildman–Crippen MR) is 94.0 cm³/mol. The van der Waals surface area contributed by atoms with E-state index in [0.717, 1.165) is 11.8 Å². The lowest BCUT2D eigenvalue weighted by atomic mass is 10.3. The molecule has 0 saturated heterocycles. The number of tetrazole rings is 1. The van der Waals surface area contributed by atoms with E-state index < -0.39 is 11.9 Å². The van der Waals surface area contributed by atoms with Crippen LogP contribution in [0.2, 0.25) is 5.02 Å². The third-order valence-corrected chi connectivity index (χ3v) is 4.24. The summed E-state index contributed by atoms with van der Waals surface area (Å²) in [7, 11) is 0. The number of furan rings is 1. The molecule has 3 amide bonds. The van der Waals surface area contributed by atoms with E-state index in [9.17, 15) is 9.59 Å². The van der Waals surface area contributed by atoms with Crippen molar-refractivity contribution in [2.75, 3.05) is 5.75 Å². The van der Waals surface area contributed by atoms with Gasteiger partial charge in [0.2, 0.25) is 11.1 Å². The van der Waals surface area contributed by atoms with Crippen LogP contribution in [0.25, 0.3) is 5.69 Å². The summed E-state index contributed by atoms with van der Waals surface area (Å²) in [6.45, 7) is 0.187. The zero-order valence-corrected chi connectivity index (χ0v) is 14.8. The Morgan fingerprint density at radius 2 is 2.15 bits per heavy atom. The first-order chi connectivity index (χ1) is 12.6. The lowest BCUT2D eigenvalue weighted by Gasteiger charge is -2.06. The van der Waals surface area contributed by atoms with Gasteiger partial charge >= 0.3 is 6.03 Å². The van der Waals surface area contributed by atoms with Crippen molar-refractivity contribution in [3.8, 4) is 5.69 Å². The molecule has 0 unspecified atom stereocenters. The zero-order chi connectivity index (χ0) is 18.4. The number of rotatable bonds is 6. The number of nitrogens with zero attached hydrogens (tertiary/aromatic N) is 4. The Balaban J connectivity index is 1.50. The SMILES string of the molecule is O=C(CSc1nnnn1-c1cccc(Cl)c1)NC(=O)NCc1ccco1. The highest BCUT2D eigenvalue weighted by atomic mass is 35.5. The number of halogens is 1. The molecular formula is C15H13ClN6O3S. The Hall–Kier alpha value is -2.85. The van der Waals surface area contributed by atoms with Crippen LogP contribution in [0.1, 0.15) is 5.76 Å². The van der Waals surface area contributed by atoms with Gasteiger partial charge in [-0.25, -0.2) is 4.79 Å². The Bertz CT molecular complexity index is 898. The van der Waals surface area contributed by atoms with Gasteiger partial charge in [0, 0.05) is 5.02 Å². The van der Waals surface area contributed by atoms with Gasteiger partial charge < -0.3 is 9.73 Å². The molecule has 11 heteroatoms. The van der Waals surface area contributed by atoms with Crippen LogP contribution in [0.15, 0.2) is 52.2 Å². The Morgan fingerprint density at radius 1 is 1.27 bits per heavy atom. The van der Waals surface area contributed by atoms with Crippen LogP contribution in [0.3, 0.4) is 0 Å². The molecule has 0 radical (unpaired) electrons. The average Bonchev–Trinajstić information content (AvgIpc) is 3.30. The smallest absolute Gasteiger partial charge is 0.321 e. The molecule has 0 aliphatic rings. The molecule has 0 saturated carbocycles. The predicted octanol–water partition coefficient (Wildman–Crippen LogP) is 2.03. The highest BCUT2D eigenvalue weighted by molar-refractivity contribution is 7.99. The van der Waals surface area contributed by atoms with Crippen LogP contribution in [0.4, 0.5) is 4.79 Å². The van der Waals surface area contributed by atoms with Gasteiger partial charge in [0.25, 0.3) is 0 Å². The number of aromatic nitrogens is 4. The van der Waals surface area contributed by atoms with Crippen molar-refractivity contribution in [2.45, 2.75) is 11.7 Å². The molecule has 3 aromatic rings. The molecule has 134 valence electrons. The van der Waals surface area contributed by atoms with E-state index in [0.29, 0.717) is 21.6 Å². The summed E-state index contributed by atoms with van der Waals surface area (Å²) < 4.78 is 6.54. The fourth-order valence-corrected chi connectivity index (χ4v) is 2.83. The standard InChI is InChI=1S/C15H13ClN6O3S/c16-10-3-1-4-11(7-10)22-15(19-20-21-22)26-9-13(23)18-14(24)17-8-12-5-2-6-25-12/h1-7H,8-9H2,(H2,17,18,23,24). The van der Waals surface area contributed by atoms with Crippen LogP contribution < -0.4 is 10.6 Å². The minimum atomic E-state index is -0.610. The number of thioether (sulfide) groups is 1. The summed E-state index contributed by atoms with van der Waals surface area (Å²) in [5, 5.41) is 17.0. The fraction of sp³-hybridized carbons (Fsp3) is 0.133. The molecule has 26 heavy (non-hydrogen) atoms. The van der Waals surface area contributed by atoms with Crippen molar-refractivity contribution in [1.29, 1.82) is 0 Å². The van der Waals surface area contributed by atoms with Crippen LogP contribution in [0, 0.1) is 0 Å². The van der Waals surface area contributed by atoms with E-state index in [4.69, 9.17) is 16.0 Å². The first-order valence-corrected chi connectivity index (χ1v) is 8.75. The van der Waals surface area contributed by atoms with Gasteiger partial charge in [0.05, 0.1) is 24.2 Å². The minimum Gasteiger partial charge on any atom is -0.467 e. The van der Waals surface area contributed by atoms with Crippen LogP contribution in [-0.4, -0.2) is 37.9 Å². The Labute approximate surface area is 157 Å². The molecule has 0 bridgehead atoms. The van der Waals surface area contributed by atoms with Crippen LogP contribution in [0.5, 0.6) is 0 Å². The molecule has 0 spiro atoms. The van der Waals surface area contributed by atoms with Crippen LogP contribution >= 0.6 is 23.4 Å². The van der Waals surface area contributed by atoms with Crippen molar-refractivity contribution in [3.05, 3.63) is 53.4 Å². The molecule has 0 atom stereocenters. The second-order valence-corrected chi connectivity index (χ2v) is 6.33. The first kappa shape index (κ1) is 18.0. The Morgan fingerprint density at radius 3 is 2.92 bits per heavy atom. The molecule has 2 heterocycles. The van der Waals surface area contributed by atoms with E-state index in [2.05, 4.69) is 26.2 Å². The van der Waals surface area contributed by atoms with Crippen molar-refractivity contribution < 1.29 is 14.0 Å². The van der Waals surface area contributed by atoms with Crippen LogP contribution in [-0.2, 0) is 11.3 Å². The van der Waals surface area contributed by atoms with Crippen molar-refractivity contribution in [3.63, 3.8) is 0 Å². The molecule has 9 nitrogen and oxygen atoms in total. The molecule has 0 aliphatic carbocycles. The lowest BCUT2D eigenvalue weighted by Crippen LogP contribution is -2.39. The maximum atomic E-state index is 11.9. The van der Waals surface area contributed by atoms with Crippen molar-refractivity contribution >= 4 is 35.3 Å². The zero-order valence-electron chi connectivity index (χ0n) is 13.3. The number of carbonyl (C=O) groups is 2. The number of carbonyl (C=O) groups excluding carboxylic acids is 2. The quantitative estimate of drug-likeness (QED) is 0.616. The molecule has 0 fully saturated rings. The molecule has 0 aliphatic heterocycles. The molecule has 1 aromatic carbocycles. The number of imide groups is 1. The monoisotopic (exact) mass is 392 g/mol. The summed E-state index contributed by atoms with van der Waals surface area (Å²) in [6, 6.07) is 9.80. The van der Waals surface area contributed by atoms with Gasteiger partial charge in [-0.1, -0.05) is 29.4 Å². The van der Waals surface area contributed by atoms with Crippen molar-refractivity contribution in [1.82, 2.24) is 30.8 Å². The average molecular weight is 393 g/mol. The van der Waals surface area contributed by atoms with Gasteiger partial charge in [-0.3, -0.25) is 10.1 Å². The third kappa shape index (κ3) is 4.83.